The number of amides is 2. The maximum Gasteiger partial charge on any atom is 0.265 e. The Morgan fingerprint density at radius 1 is 1.29 bits per heavy atom. The Kier molecular flexibility index (Phi) is 4.33. The number of nitrogens with one attached hydrogen (secondary N) is 2. The lowest BCUT2D eigenvalue weighted by Gasteiger charge is -2.23. The molecule has 0 aliphatic carbocycles. The molecule has 24 heavy (non-hydrogen) atoms. The van der Waals surface area contributed by atoms with E-state index in [-0.39, 0.29) is 24.2 Å². The van der Waals surface area contributed by atoms with Crippen molar-refractivity contribution in [3.8, 4) is 11.5 Å². The molecule has 1 aliphatic heterocycles. The number of ether oxygens (including phenoxy) is 2. The Bertz CT molecular complexity index is 777. The van der Waals surface area contributed by atoms with Crippen molar-refractivity contribution in [1.29, 1.82) is 0 Å². The van der Waals surface area contributed by atoms with Crippen molar-refractivity contribution < 1.29 is 23.5 Å². The van der Waals surface area contributed by atoms with Crippen LogP contribution in [-0.2, 0) is 9.59 Å². The van der Waals surface area contributed by atoms with Crippen LogP contribution in [0.3, 0.4) is 0 Å². The molecule has 2 N–H and O–H groups in total. The van der Waals surface area contributed by atoms with E-state index in [9.17, 15) is 14.0 Å². The van der Waals surface area contributed by atoms with Gasteiger partial charge in [-0.25, -0.2) is 4.39 Å². The van der Waals surface area contributed by atoms with Gasteiger partial charge in [0.15, 0.2) is 12.7 Å². The molecule has 1 atom stereocenters. The number of rotatable bonds is 4. The van der Waals surface area contributed by atoms with Crippen LogP contribution in [0.15, 0.2) is 42.5 Å². The summed E-state index contributed by atoms with van der Waals surface area (Å²) in [7, 11) is 0. The maximum atomic E-state index is 12.8. The Hall–Kier alpha value is -3.09. The van der Waals surface area contributed by atoms with Crippen LogP contribution in [0, 0.1) is 5.82 Å². The molecule has 2 aromatic carbocycles. The van der Waals surface area contributed by atoms with Crippen LogP contribution in [0.4, 0.5) is 15.8 Å². The molecule has 0 unspecified atom stereocenters. The molecule has 2 aromatic rings. The van der Waals surface area contributed by atoms with Gasteiger partial charge in [0.2, 0.25) is 0 Å². The first-order valence-corrected chi connectivity index (χ1v) is 7.31. The molecule has 0 spiro atoms. The van der Waals surface area contributed by atoms with E-state index in [4.69, 9.17) is 9.47 Å². The topological polar surface area (TPSA) is 76.7 Å². The van der Waals surface area contributed by atoms with Crippen molar-refractivity contribution in [2.45, 2.75) is 13.0 Å². The number of carbonyl (C=O) groups is 2. The van der Waals surface area contributed by atoms with Crippen LogP contribution >= 0.6 is 0 Å². The third-order valence-corrected chi connectivity index (χ3v) is 3.38. The molecule has 0 saturated carbocycles. The van der Waals surface area contributed by atoms with Crippen molar-refractivity contribution in [1.82, 2.24) is 0 Å². The van der Waals surface area contributed by atoms with Gasteiger partial charge in [0.05, 0.1) is 5.69 Å². The van der Waals surface area contributed by atoms with Gasteiger partial charge in [0, 0.05) is 5.69 Å². The van der Waals surface area contributed by atoms with Gasteiger partial charge in [-0.1, -0.05) is 0 Å². The van der Waals surface area contributed by atoms with Crippen molar-refractivity contribution in [2.75, 3.05) is 17.2 Å². The van der Waals surface area contributed by atoms with Gasteiger partial charge in [-0.15, -0.1) is 0 Å². The first-order valence-electron chi connectivity index (χ1n) is 7.31. The highest BCUT2D eigenvalue weighted by atomic mass is 19.1. The van der Waals surface area contributed by atoms with Crippen LogP contribution in [-0.4, -0.2) is 24.5 Å². The van der Waals surface area contributed by atoms with Crippen LogP contribution in [0.5, 0.6) is 11.5 Å². The number of hydrogen-bond acceptors (Lipinski definition) is 4. The predicted molar refractivity (Wildman–Crippen MR) is 85.7 cm³/mol. The van der Waals surface area contributed by atoms with Crippen LogP contribution < -0.4 is 20.1 Å². The van der Waals surface area contributed by atoms with E-state index in [1.807, 2.05) is 0 Å². The average Bonchev–Trinajstić information content (AvgIpc) is 2.56. The van der Waals surface area contributed by atoms with Crippen molar-refractivity contribution in [2.24, 2.45) is 0 Å². The van der Waals surface area contributed by atoms with E-state index in [1.54, 1.807) is 25.1 Å². The normalized spacial score (nSPS) is 15.8. The van der Waals surface area contributed by atoms with Gasteiger partial charge in [0.25, 0.3) is 11.8 Å². The SMILES string of the molecule is C[C@@H]1Oc2ccc(NC(=O)COc3ccc(F)cc3)cc2NC1=O. The van der Waals surface area contributed by atoms with Crippen LogP contribution in [0.1, 0.15) is 6.92 Å². The molecule has 0 saturated heterocycles. The zero-order valence-corrected chi connectivity index (χ0v) is 12.8. The Morgan fingerprint density at radius 2 is 2.04 bits per heavy atom. The van der Waals surface area contributed by atoms with E-state index in [2.05, 4.69) is 10.6 Å². The van der Waals surface area contributed by atoms with Crippen molar-refractivity contribution in [3.63, 3.8) is 0 Å². The number of anilines is 2. The minimum atomic E-state index is -0.554. The third kappa shape index (κ3) is 3.62. The fraction of sp³-hybridized carbons (Fsp3) is 0.176. The smallest absolute Gasteiger partial charge is 0.265 e. The zero-order chi connectivity index (χ0) is 17.1. The van der Waals surface area contributed by atoms with Gasteiger partial charge in [-0.05, 0) is 49.4 Å². The summed E-state index contributed by atoms with van der Waals surface area (Å²) in [5.41, 5.74) is 0.996. The van der Waals surface area contributed by atoms with E-state index in [0.717, 1.165) is 0 Å². The Morgan fingerprint density at radius 3 is 2.79 bits per heavy atom. The number of carbonyl (C=O) groups excluding carboxylic acids is 2. The highest BCUT2D eigenvalue weighted by Crippen LogP contribution is 2.32. The van der Waals surface area contributed by atoms with Crippen LogP contribution in [0.25, 0.3) is 0 Å². The molecular formula is C17H15FN2O4. The monoisotopic (exact) mass is 330 g/mol. The second-order valence-electron chi connectivity index (χ2n) is 5.25. The lowest BCUT2D eigenvalue weighted by atomic mass is 10.2. The highest BCUT2D eigenvalue weighted by molar-refractivity contribution is 5.99. The lowest BCUT2D eigenvalue weighted by Crippen LogP contribution is -2.34. The highest BCUT2D eigenvalue weighted by Gasteiger charge is 2.23. The van der Waals surface area contributed by atoms with Gasteiger partial charge >= 0.3 is 0 Å². The van der Waals surface area contributed by atoms with Crippen LogP contribution in [0.2, 0.25) is 0 Å². The molecule has 1 aliphatic rings. The molecule has 0 bridgehead atoms. The quantitative estimate of drug-likeness (QED) is 0.903. The van der Waals surface area contributed by atoms with E-state index >= 15 is 0 Å². The summed E-state index contributed by atoms with van der Waals surface area (Å²) in [5.74, 6) is -0.0601. The predicted octanol–water partition coefficient (Wildman–Crippen LogP) is 2.56. The summed E-state index contributed by atoms with van der Waals surface area (Å²) in [6, 6.07) is 10.3. The summed E-state index contributed by atoms with van der Waals surface area (Å²) in [6.45, 7) is 1.43. The standard InChI is InChI=1S/C17H15FN2O4/c1-10-17(22)20-14-8-12(4-7-15(14)24-10)19-16(21)9-23-13-5-2-11(18)3-6-13/h2-8,10H,9H2,1H3,(H,19,21)(H,20,22)/t10-/m0/s1. The maximum absolute atomic E-state index is 12.8. The fourth-order valence-electron chi connectivity index (χ4n) is 2.16. The molecule has 0 aromatic heterocycles. The molecule has 3 rings (SSSR count). The van der Waals surface area contributed by atoms with Gasteiger partial charge in [-0.3, -0.25) is 9.59 Å². The van der Waals surface area contributed by atoms with E-state index < -0.39 is 6.10 Å². The average molecular weight is 330 g/mol. The lowest BCUT2D eigenvalue weighted by molar-refractivity contribution is -0.122. The fourth-order valence-corrected chi connectivity index (χ4v) is 2.16. The molecule has 0 fully saturated rings. The largest absolute Gasteiger partial charge is 0.484 e. The first-order chi connectivity index (χ1) is 11.5. The molecule has 6 nitrogen and oxygen atoms in total. The molecule has 2 amide bonds. The van der Waals surface area contributed by atoms with Crippen molar-refractivity contribution in [3.05, 3.63) is 48.3 Å². The van der Waals surface area contributed by atoms with Gasteiger partial charge in [-0.2, -0.15) is 0 Å². The number of benzene rings is 2. The third-order valence-electron chi connectivity index (χ3n) is 3.38. The summed E-state index contributed by atoms with van der Waals surface area (Å²) >= 11 is 0. The minimum Gasteiger partial charge on any atom is -0.484 e. The van der Waals surface area contributed by atoms with Gasteiger partial charge in [0.1, 0.15) is 17.3 Å². The summed E-state index contributed by atoms with van der Waals surface area (Å²) in [5, 5.41) is 5.36. The molecule has 0 radical (unpaired) electrons. The number of halogens is 1. The molecule has 124 valence electrons. The van der Waals surface area contributed by atoms with Crippen molar-refractivity contribution >= 4 is 23.2 Å². The molecular weight excluding hydrogens is 315 g/mol. The minimum absolute atomic E-state index is 0.220. The Balaban J connectivity index is 1.59. The van der Waals surface area contributed by atoms with E-state index in [1.165, 1.54) is 24.3 Å². The summed E-state index contributed by atoms with van der Waals surface area (Å²) in [6.07, 6.45) is -0.554. The first kappa shape index (κ1) is 15.8. The van der Waals surface area contributed by atoms with Gasteiger partial charge < -0.3 is 20.1 Å². The summed E-state index contributed by atoms with van der Waals surface area (Å²) in [4.78, 5) is 23.5. The van der Waals surface area contributed by atoms with E-state index in [0.29, 0.717) is 22.9 Å². The second-order valence-corrected chi connectivity index (χ2v) is 5.25. The second kappa shape index (κ2) is 6.57. The summed E-state index contributed by atoms with van der Waals surface area (Å²) < 4.78 is 23.5. The Labute approximate surface area is 137 Å². The number of fused-ring (bicyclic) bond motifs is 1. The molecule has 7 heteroatoms. The number of hydrogen-bond donors (Lipinski definition) is 2. The zero-order valence-electron chi connectivity index (χ0n) is 12.8. The molecule has 1 heterocycles.